The van der Waals surface area contributed by atoms with Crippen LogP contribution in [0.2, 0.25) is 0 Å². The summed E-state index contributed by atoms with van der Waals surface area (Å²) in [7, 11) is 1.26. The van der Waals surface area contributed by atoms with Crippen molar-refractivity contribution < 1.29 is 28.9 Å². The van der Waals surface area contributed by atoms with Gasteiger partial charge >= 0.3 is 11.9 Å². The largest absolute Gasteiger partial charge is 0.472 e. The zero-order valence-corrected chi connectivity index (χ0v) is 9.58. The zero-order valence-electron chi connectivity index (χ0n) is 9.58. The molecule has 4 atom stereocenters. The molecule has 0 unspecified atom stereocenters. The number of carbonyl (C=O) groups is 2. The van der Waals surface area contributed by atoms with Gasteiger partial charge in [-0.1, -0.05) is 0 Å². The number of rotatable bonds is 1. The van der Waals surface area contributed by atoms with Gasteiger partial charge in [-0.2, -0.15) is 0 Å². The van der Waals surface area contributed by atoms with Crippen molar-refractivity contribution in [1.82, 2.24) is 0 Å². The minimum atomic E-state index is -1.07. The Balaban J connectivity index is 2.31. The van der Waals surface area contributed by atoms with Gasteiger partial charge in [-0.15, -0.1) is 0 Å². The molecule has 0 saturated carbocycles. The van der Waals surface area contributed by atoms with Crippen molar-refractivity contribution in [3.63, 3.8) is 0 Å². The molecule has 6 heteroatoms. The lowest BCUT2D eigenvalue weighted by Crippen LogP contribution is -2.48. The van der Waals surface area contributed by atoms with E-state index in [2.05, 4.69) is 4.74 Å². The third-order valence-electron chi connectivity index (χ3n) is 3.19. The zero-order chi connectivity index (χ0) is 12.6. The van der Waals surface area contributed by atoms with Crippen LogP contribution in [-0.4, -0.2) is 36.5 Å². The van der Waals surface area contributed by atoms with Crippen molar-refractivity contribution in [2.75, 3.05) is 7.11 Å². The van der Waals surface area contributed by atoms with Crippen molar-refractivity contribution in [2.45, 2.75) is 25.7 Å². The fourth-order valence-corrected chi connectivity index (χ4v) is 2.36. The highest BCUT2D eigenvalue weighted by atomic mass is 16.6. The normalized spacial score (nSPS) is 36.2. The molecule has 0 radical (unpaired) electrons. The van der Waals surface area contributed by atoms with E-state index in [0.717, 1.165) is 0 Å². The highest BCUT2D eigenvalue weighted by Gasteiger charge is 2.47. The lowest BCUT2D eigenvalue weighted by atomic mass is 9.77. The first kappa shape index (κ1) is 11.9. The molecule has 2 rings (SSSR count). The number of hydrogen-bond acceptors (Lipinski definition) is 6. The first-order valence-corrected chi connectivity index (χ1v) is 5.36. The Morgan fingerprint density at radius 3 is 2.94 bits per heavy atom. The lowest BCUT2D eigenvalue weighted by Gasteiger charge is -2.40. The van der Waals surface area contributed by atoms with E-state index in [1.165, 1.54) is 13.4 Å². The van der Waals surface area contributed by atoms with Crippen LogP contribution in [-0.2, 0) is 23.8 Å². The lowest BCUT2D eigenvalue weighted by molar-refractivity contribution is -0.192. The first-order valence-electron chi connectivity index (χ1n) is 5.36. The van der Waals surface area contributed by atoms with E-state index in [0.29, 0.717) is 0 Å². The van der Waals surface area contributed by atoms with E-state index in [1.807, 2.05) is 0 Å². The second-order valence-corrected chi connectivity index (χ2v) is 4.17. The number of cyclic esters (lactones) is 1. The fourth-order valence-electron chi connectivity index (χ4n) is 2.36. The molecular formula is C11H14O6. The molecule has 0 bridgehead atoms. The Bertz CT molecular complexity index is 374. The minimum absolute atomic E-state index is 0.0519. The van der Waals surface area contributed by atoms with Crippen molar-refractivity contribution in [1.29, 1.82) is 0 Å². The molecular weight excluding hydrogens is 228 g/mol. The molecule has 2 aliphatic heterocycles. The third kappa shape index (κ3) is 2.00. The number of ether oxygens (including phenoxy) is 3. The molecule has 0 amide bonds. The van der Waals surface area contributed by atoms with Crippen LogP contribution in [0.4, 0.5) is 0 Å². The molecule has 0 aliphatic carbocycles. The molecule has 0 aromatic heterocycles. The Hall–Kier alpha value is -1.56. The summed E-state index contributed by atoms with van der Waals surface area (Å²) in [4.78, 5) is 22.9. The van der Waals surface area contributed by atoms with Crippen LogP contribution in [0.1, 0.15) is 13.3 Å². The Labute approximate surface area is 98.1 Å². The molecule has 0 aromatic rings. The Morgan fingerprint density at radius 2 is 2.29 bits per heavy atom. The molecule has 2 aliphatic rings. The standard InChI is InChI=1S/C11H14O6/c1-5-9-6(3-8(12)17-5)7(10(13)15-2)4-16-11(9)14/h4-6,9,11,14H,3H2,1-2H3/t5-,6+,9+,11-/m0/s1. The van der Waals surface area contributed by atoms with Crippen molar-refractivity contribution in [2.24, 2.45) is 11.8 Å². The van der Waals surface area contributed by atoms with Gasteiger partial charge in [0.25, 0.3) is 0 Å². The summed E-state index contributed by atoms with van der Waals surface area (Å²) >= 11 is 0. The molecule has 17 heavy (non-hydrogen) atoms. The number of carbonyl (C=O) groups excluding carboxylic acids is 2. The predicted molar refractivity (Wildman–Crippen MR) is 54.3 cm³/mol. The van der Waals surface area contributed by atoms with Crippen LogP contribution in [0.3, 0.4) is 0 Å². The second kappa shape index (κ2) is 4.37. The highest BCUT2D eigenvalue weighted by molar-refractivity contribution is 5.90. The highest BCUT2D eigenvalue weighted by Crippen LogP contribution is 2.39. The predicted octanol–water partition coefficient (Wildman–Crippen LogP) is -0.0403. The second-order valence-electron chi connectivity index (χ2n) is 4.17. The van der Waals surface area contributed by atoms with E-state index in [1.54, 1.807) is 6.92 Å². The van der Waals surface area contributed by atoms with Crippen molar-refractivity contribution >= 4 is 11.9 Å². The summed E-state index contributed by atoms with van der Waals surface area (Å²) in [5.41, 5.74) is 0.270. The van der Waals surface area contributed by atoms with Crippen LogP contribution in [0.25, 0.3) is 0 Å². The first-order chi connectivity index (χ1) is 8.04. The maximum Gasteiger partial charge on any atom is 0.337 e. The topological polar surface area (TPSA) is 82.1 Å². The van der Waals surface area contributed by atoms with E-state index < -0.39 is 30.2 Å². The van der Waals surface area contributed by atoms with Gasteiger partial charge in [-0.3, -0.25) is 4.79 Å². The van der Waals surface area contributed by atoms with Gasteiger partial charge in [0.1, 0.15) is 6.10 Å². The molecule has 0 aromatic carbocycles. The summed E-state index contributed by atoms with van der Waals surface area (Å²) in [6.45, 7) is 1.67. The summed E-state index contributed by atoms with van der Waals surface area (Å²) in [5.74, 6) is -1.79. The third-order valence-corrected chi connectivity index (χ3v) is 3.19. The van der Waals surface area contributed by atoms with Gasteiger partial charge in [-0.25, -0.2) is 4.79 Å². The van der Waals surface area contributed by atoms with E-state index >= 15 is 0 Å². The van der Waals surface area contributed by atoms with Crippen LogP contribution in [0.5, 0.6) is 0 Å². The molecule has 6 nitrogen and oxygen atoms in total. The number of aliphatic hydroxyl groups is 1. The van der Waals surface area contributed by atoms with Gasteiger partial charge in [0.05, 0.1) is 31.3 Å². The maximum atomic E-state index is 11.5. The summed E-state index contributed by atoms with van der Waals surface area (Å²) in [6, 6.07) is 0. The van der Waals surface area contributed by atoms with Gasteiger partial charge in [0, 0.05) is 5.92 Å². The van der Waals surface area contributed by atoms with Crippen LogP contribution in [0, 0.1) is 11.8 Å². The molecule has 0 spiro atoms. The van der Waals surface area contributed by atoms with Gasteiger partial charge in [0.2, 0.25) is 6.29 Å². The van der Waals surface area contributed by atoms with E-state index in [-0.39, 0.29) is 18.0 Å². The number of methoxy groups -OCH3 is 1. The average Bonchev–Trinajstić information content (AvgIpc) is 2.27. The molecule has 1 N–H and O–H groups in total. The summed E-state index contributed by atoms with van der Waals surface area (Å²) in [6.07, 6.45) is -0.347. The van der Waals surface area contributed by atoms with E-state index in [4.69, 9.17) is 9.47 Å². The number of aliphatic hydroxyl groups excluding tert-OH is 1. The molecule has 1 saturated heterocycles. The monoisotopic (exact) mass is 242 g/mol. The van der Waals surface area contributed by atoms with Crippen molar-refractivity contribution in [3.05, 3.63) is 11.8 Å². The van der Waals surface area contributed by atoms with Gasteiger partial charge in [-0.05, 0) is 6.92 Å². The van der Waals surface area contributed by atoms with Crippen LogP contribution < -0.4 is 0 Å². The number of hydrogen-bond donors (Lipinski definition) is 1. The Morgan fingerprint density at radius 1 is 1.59 bits per heavy atom. The SMILES string of the molecule is COC(=O)C1=CO[C@H](O)[C@@H]2[C@H](C)OC(=O)C[C@H]12. The Kier molecular flexibility index (Phi) is 3.06. The number of fused-ring (bicyclic) bond motifs is 1. The summed E-state index contributed by atoms with van der Waals surface area (Å²) in [5, 5.41) is 9.72. The minimum Gasteiger partial charge on any atom is -0.472 e. The van der Waals surface area contributed by atoms with Crippen LogP contribution >= 0.6 is 0 Å². The van der Waals surface area contributed by atoms with E-state index in [9.17, 15) is 14.7 Å². The maximum absolute atomic E-state index is 11.5. The smallest absolute Gasteiger partial charge is 0.337 e. The molecule has 1 fully saturated rings. The molecule has 2 heterocycles. The quantitative estimate of drug-likeness (QED) is 0.650. The average molecular weight is 242 g/mol. The number of esters is 2. The molecule has 94 valence electrons. The summed E-state index contributed by atoms with van der Waals surface area (Å²) < 4.78 is 14.6. The van der Waals surface area contributed by atoms with Gasteiger partial charge in [0.15, 0.2) is 0 Å². The van der Waals surface area contributed by atoms with Crippen LogP contribution in [0.15, 0.2) is 11.8 Å². The van der Waals surface area contributed by atoms with Crippen molar-refractivity contribution in [3.8, 4) is 0 Å². The fraction of sp³-hybridized carbons (Fsp3) is 0.636. The van der Waals surface area contributed by atoms with Gasteiger partial charge < -0.3 is 19.3 Å².